The summed E-state index contributed by atoms with van der Waals surface area (Å²) in [5.41, 5.74) is 2.60. The van der Waals surface area contributed by atoms with Gasteiger partial charge < -0.3 is 0 Å². The lowest BCUT2D eigenvalue weighted by Crippen LogP contribution is -1.95. The van der Waals surface area contributed by atoms with Gasteiger partial charge in [-0.05, 0) is 40.5 Å². The third-order valence-corrected chi connectivity index (χ3v) is 3.72. The van der Waals surface area contributed by atoms with Gasteiger partial charge in [0.05, 0.1) is 20.9 Å². The summed E-state index contributed by atoms with van der Waals surface area (Å²) in [5.74, 6) is -0.340. The van der Waals surface area contributed by atoms with Crippen LogP contribution in [0.25, 0.3) is 11.3 Å². The molecule has 0 bridgehead atoms. The molecular weight excluding hydrogens is 307 g/mol. The number of aromatic nitrogens is 2. The number of nitrogens with zero attached hydrogens (tertiary/aromatic N) is 2. The van der Waals surface area contributed by atoms with Crippen LogP contribution in [-0.2, 0) is 13.5 Å². The van der Waals surface area contributed by atoms with Crippen molar-refractivity contribution >= 4 is 27.5 Å². The molecule has 0 spiro atoms. The van der Waals surface area contributed by atoms with Crippen molar-refractivity contribution < 1.29 is 4.39 Å². The van der Waals surface area contributed by atoms with Crippen LogP contribution >= 0.6 is 27.5 Å². The fraction of sp³-hybridized carbons (Fsp3) is 0.250. The summed E-state index contributed by atoms with van der Waals surface area (Å²) < 4.78 is 15.7. The molecule has 0 aliphatic rings. The highest BCUT2D eigenvalue weighted by Gasteiger charge is 2.16. The van der Waals surface area contributed by atoms with Crippen molar-refractivity contribution in [3.8, 4) is 11.3 Å². The lowest BCUT2D eigenvalue weighted by Gasteiger charge is -2.05. The summed E-state index contributed by atoms with van der Waals surface area (Å²) in [6.45, 7) is 2.03. The average Bonchev–Trinajstić information content (AvgIpc) is 2.55. The second-order valence-electron chi connectivity index (χ2n) is 3.71. The molecule has 2 aromatic rings. The minimum atomic E-state index is -0.340. The molecule has 17 heavy (non-hydrogen) atoms. The lowest BCUT2D eigenvalue weighted by atomic mass is 10.1. The van der Waals surface area contributed by atoms with Crippen molar-refractivity contribution in [2.45, 2.75) is 13.3 Å². The quantitative estimate of drug-likeness (QED) is 0.811. The highest BCUT2D eigenvalue weighted by atomic mass is 79.9. The maximum atomic E-state index is 13.0. The maximum absolute atomic E-state index is 13.0. The van der Waals surface area contributed by atoms with Gasteiger partial charge >= 0.3 is 0 Å². The molecule has 0 aliphatic heterocycles. The monoisotopic (exact) mass is 316 g/mol. The fourth-order valence-electron chi connectivity index (χ4n) is 1.75. The molecule has 0 saturated heterocycles. The van der Waals surface area contributed by atoms with E-state index in [9.17, 15) is 4.39 Å². The summed E-state index contributed by atoms with van der Waals surface area (Å²) in [4.78, 5) is 0. The first kappa shape index (κ1) is 12.6. The van der Waals surface area contributed by atoms with Gasteiger partial charge in [-0.3, -0.25) is 4.68 Å². The van der Waals surface area contributed by atoms with E-state index in [1.807, 2.05) is 14.0 Å². The lowest BCUT2D eigenvalue weighted by molar-refractivity contribution is 0.628. The van der Waals surface area contributed by atoms with E-state index in [0.29, 0.717) is 5.02 Å². The van der Waals surface area contributed by atoms with E-state index in [0.717, 1.165) is 27.8 Å². The molecular formula is C12H11BrClFN2. The Morgan fingerprint density at radius 3 is 2.71 bits per heavy atom. The van der Waals surface area contributed by atoms with Crippen molar-refractivity contribution in [2.24, 2.45) is 7.05 Å². The third kappa shape index (κ3) is 2.24. The minimum absolute atomic E-state index is 0.340. The molecule has 5 heteroatoms. The number of rotatable bonds is 2. The molecule has 0 N–H and O–H groups in total. The SMILES string of the molecule is CCc1nn(C)c(-c2ccc(F)cc2Cl)c1Br. The van der Waals surface area contributed by atoms with Gasteiger partial charge in [0, 0.05) is 12.6 Å². The van der Waals surface area contributed by atoms with E-state index < -0.39 is 0 Å². The van der Waals surface area contributed by atoms with Crippen LogP contribution in [0.3, 0.4) is 0 Å². The Hall–Kier alpha value is -0.870. The molecule has 0 amide bonds. The molecule has 0 aliphatic carbocycles. The number of aryl methyl sites for hydroxylation is 2. The molecule has 0 saturated carbocycles. The molecule has 2 rings (SSSR count). The first-order valence-corrected chi connectivity index (χ1v) is 6.38. The van der Waals surface area contributed by atoms with E-state index in [4.69, 9.17) is 11.6 Å². The van der Waals surface area contributed by atoms with Gasteiger partial charge in [-0.15, -0.1) is 0 Å². The number of hydrogen-bond acceptors (Lipinski definition) is 1. The average molecular weight is 318 g/mol. The highest BCUT2D eigenvalue weighted by molar-refractivity contribution is 9.10. The number of benzene rings is 1. The van der Waals surface area contributed by atoms with Gasteiger partial charge in [-0.1, -0.05) is 18.5 Å². The van der Waals surface area contributed by atoms with Gasteiger partial charge in [0.15, 0.2) is 0 Å². The highest BCUT2D eigenvalue weighted by Crippen LogP contribution is 2.35. The summed E-state index contributed by atoms with van der Waals surface area (Å²) in [7, 11) is 1.85. The van der Waals surface area contributed by atoms with E-state index in [-0.39, 0.29) is 5.82 Å². The summed E-state index contributed by atoms with van der Waals surface area (Å²) >= 11 is 9.57. The second kappa shape index (κ2) is 4.78. The van der Waals surface area contributed by atoms with Crippen molar-refractivity contribution in [3.63, 3.8) is 0 Å². The molecule has 0 radical (unpaired) electrons. The van der Waals surface area contributed by atoms with Crippen molar-refractivity contribution in [1.29, 1.82) is 0 Å². The topological polar surface area (TPSA) is 17.8 Å². The number of hydrogen-bond donors (Lipinski definition) is 0. The van der Waals surface area contributed by atoms with Crippen LogP contribution in [0.4, 0.5) is 4.39 Å². The second-order valence-corrected chi connectivity index (χ2v) is 4.91. The van der Waals surface area contributed by atoms with Crippen LogP contribution in [-0.4, -0.2) is 9.78 Å². The Morgan fingerprint density at radius 2 is 2.18 bits per heavy atom. The predicted molar refractivity (Wildman–Crippen MR) is 70.7 cm³/mol. The largest absolute Gasteiger partial charge is 0.266 e. The fourth-order valence-corrected chi connectivity index (χ4v) is 2.84. The molecule has 1 aromatic heterocycles. The van der Waals surface area contributed by atoms with Gasteiger partial charge in [-0.2, -0.15) is 5.10 Å². The first-order valence-electron chi connectivity index (χ1n) is 5.21. The molecule has 1 heterocycles. The Morgan fingerprint density at radius 1 is 1.47 bits per heavy atom. The Bertz CT molecular complexity index is 566. The molecule has 0 atom stereocenters. The third-order valence-electron chi connectivity index (χ3n) is 2.58. The van der Waals surface area contributed by atoms with Gasteiger partial charge in [0.2, 0.25) is 0 Å². The summed E-state index contributed by atoms with van der Waals surface area (Å²) in [5, 5.41) is 4.77. The molecule has 90 valence electrons. The normalized spacial score (nSPS) is 10.9. The van der Waals surface area contributed by atoms with E-state index >= 15 is 0 Å². The van der Waals surface area contributed by atoms with Crippen molar-refractivity contribution in [1.82, 2.24) is 9.78 Å². The zero-order valence-electron chi connectivity index (χ0n) is 9.47. The Labute approximate surface area is 113 Å². The smallest absolute Gasteiger partial charge is 0.124 e. The molecule has 0 unspecified atom stereocenters. The van der Waals surface area contributed by atoms with Crippen LogP contribution in [0, 0.1) is 5.82 Å². The summed E-state index contributed by atoms with van der Waals surface area (Å²) in [6.07, 6.45) is 0.827. The first-order chi connectivity index (χ1) is 8.04. The Balaban J connectivity index is 2.64. The van der Waals surface area contributed by atoms with Gasteiger partial charge in [0.1, 0.15) is 5.82 Å². The molecule has 2 nitrogen and oxygen atoms in total. The van der Waals surface area contributed by atoms with Gasteiger partial charge in [-0.25, -0.2) is 4.39 Å². The van der Waals surface area contributed by atoms with Crippen molar-refractivity contribution in [2.75, 3.05) is 0 Å². The standard InChI is InChI=1S/C12H11BrClFN2/c1-3-10-11(13)12(17(2)16-10)8-5-4-7(15)6-9(8)14/h4-6H,3H2,1-2H3. The van der Waals surface area contributed by atoms with Crippen LogP contribution in [0.2, 0.25) is 5.02 Å². The zero-order valence-corrected chi connectivity index (χ0v) is 11.8. The van der Waals surface area contributed by atoms with Crippen LogP contribution in [0.5, 0.6) is 0 Å². The Kier molecular flexibility index (Phi) is 3.54. The van der Waals surface area contributed by atoms with E-state index in [1.54, 1.807) is 10.7 Å². The maximum Gasteiger partial charge on any atom is 0.124 e. The number of halogens is 3. The predicted octanol–water partition coefficient (Wildman–Crippen LogP) is 4.20. The van der Waals surface area contributed by atoms with Crippen LogP contribution in [0.15, 0.2) is 22.7 Å². The minimum Gasteiger partial charge on any atom is -0.266 e. The van der Waals surface area contributed by atoms with Crippen LogP contribution < -0.4 is 0 Å². The summed E-state index contributed by atoms with van der Waals surface area (Å²) in [6, 6.07) is 4.37. The van der Waals surface area contributed by atoms with Crippen LogP contribution in [0.1, 0.15) is 12.6 Å². The molecule has 0 fully saturated rings. The van der Waals surface area contributed by atoms with E-state index in [1.165, 1.54) is 12.1 Å². The zero-order chi connectivity index (χ0) is 12.6. The van der Waals surface area contributed by atoms with E-state index in [2.05, 4.69) is 21.0 Å². The van der Waals surface area contributed by atoms with Gasteiger partial charge in [0.25, 0.3) is 0 Å². The molecule has 1 aromatic carbocycles. The van der Waals surface area contributed by atoms with Crippen molar-refractivity contribution in [3.05, 3.63) is 39.2 Å².